The number of nitrogens with zero attached hydrogens (tertiary/aromatic N) is 3. The Hall–Kier alpha value is -2.68. The van der Waals surface area contributed by atoms with E-state index in [2.05, 4.69) is 9.97 Å². The average molecular weight is 417 g/mol. The maximum absolute atomic E-state index is 13.2. The van der Waals surface area contributed by atoms with Gasteiger partial charge in [0.25, 0.3) is 11.2 Å². The Morgan fingerprint density at radius 3 is 2.72 bits per heavy atom. The number of aromatic nitrogens is 2. The minimum absolute atomic E-state index is 0.0286. The Balaban J connectivity index is 1.84. The van der Waals surface area contributed by atoms with Gasteiger partial charge < -0.3 is 9.88 Å². The van der Waals surface area contributed by atoms with Gasteiger partial charge >= 0.3 is 0 Å². The molecule has 1 heterocycles. The summed E-state index contributed by atoms with van der Waals surface area (Å²) < 4.78 is 0. The van der Waals surface area contributed by atoms with Crippen LogP contribution in [-0.2, 0) is 11.2 Å². The third-order valence-corrected chi connectivity index (χ3v) is 5.84. The highest BCUT2D eigenvalue weighted by Crippen LogP contribution is 2.31. The molecule has 9 heteroatoms. The van der Waals surface area contributed by atoms with Crippen molar-refractivity contribution in [2.75, 3.05) is 11.2 Å². The summed E-state index contributed by atoms with van der Waals surface area (Å²) >= 11 is 1.36. The molecule has 0 saturated heterocycles. The molecule has 0 aliphatic heterocycles. The first-order chi connectivity index (χ1) is 13.9. The number of rotatable bonds is 7. The number of H-pyrrole nitrogens is 1. The molecular weight excluding hydrogens is 392 g/mol. The van der Waals surface area contributed by atoms with E-state index in [1.54, 1.807) is 24.0 Å². The van der Waals surface area contributed by atoms with Crippen LogP contribution in [0.2, 0.25) is 0 Å². The highest BCUT2D eigenvalue weighted by Gasteiger charge is 2.29. The number of nitrogens with one attached hydrogen (secondary N) is 1. The number of aromatic amines is 1. The van der Waals surface area contributed by atoms with Crippen LogP contribution in [-0.4, -0.2) is 33.1 Å². The molecule has 1 N–H and O–H groups in total. The van der Waals surface area contributed by atoms with Crippen LogP contribution in [0.4, 0.5) is 11.4 Å². The molecule has 1 saturated carbocycles. The fourth-order valence-electron chi connectivity index (χ4n) is 3.81. The second kappa shape index (κ2) is 9.21. The van der Waals surface area contributed by atoms with Gasteiger partial charge in [-0.1, -0.05) is 30.7 Å². The molecule has 29 heavy (non-hydrogen) atoms. The molecule has 0 radical (unpaired) electrons. The van der Waals surface area contributed by atoms with Crippen molar-refractivity contribution in [2.45, 2.75) is 56.6 Å². The van der Waals surface area contributed by atoms with Gasteiger partial charge in [0.2, 0.25) is 5.91 Å². The van der Waals surface area contributed by atoms with Crippen LogP contribution in [0.25, 0.3) is 0 Å². The second-order valence-corrected chi connectivity index (χ2v) is 7.91. The summed E-state index contributed by atoms with van der Waals surface area (Å²) in [5, 5.41) is 11.7. The lowest BCUT2D eigenvalue weighted by Crippen LogP contribution is -2.39. The Bertz CT molecular complexity index is 969. The topological polar surface area (TPSA) is 109 Å². The van der Waals surface area contributed by atoms with E-state index in [0.717, 1.165) is 25.7 Å². The van der Waals surface area contributed by atoms with Crippen molar-refractivity contribution in [3.8, 4) is 0 Å². The van der Waals surface area contributed by atoms with E-state index in [1.165, 1.54) is 23.9 Å². The van der Waals surface area contributed by atoms with Crippen molar-refractivity contribution < 1.29 is 9.72 Å². The number of carbonyl (C=O) groups is 1. The molecule has 3 rings (SSSR count). The van der Waals surface area contributed by atoms with E-state index in [-0.39, 0.29) is 36.0 Å². The molecule has 1 aliphatic carbocycles. The molecule has 1 amide bonds. The largest absolute Gasteiger partial charge is 0.309 e. The summed E-state index contributed by atoms with van der Waals surface area (Å²) in [6.45, 7) is 1.77. The van der Waals surface area contributed by atoms with Crippen LogP contribution in [0.5, 0.6) is 0 Å². The van der Waals surface area contributed by atoms with Gasteiger partial charge in [0, 0.05) is 35.9 Å². The lowest BCUT2D eigenvalue weighted by atomic mass is 10.1. The molecule has 0 unspecified atom stereocenters. The van der Waals surface area contributed by atoms with Crippen molar-refractivity contribution in [3.05, 3.63) is 56.0 Å². The first-order valence-corrected chi connectivity index (χ1v) is 10.8. The molecule has 0 bridgehead atoms. The zero-order valence-electron chi connectivity index (χ0n) is 16.5. The third-order valence-electron chi connectivity index (χ3n) is 5.26. The van der Waals surface area contributed by atoms with Crippen LogP contribution in [0.1, 0.15) is 43.4 Å². The number of nitro groups is 1. The zero-order chi connectivity index (χ0) is 21.0. The SMILES string of the molecule is CSc1nc(C)c(CCC(=O)N(c2cccc([N+](=O)[O-])c2)C2CCCC2)c(=O)[nH]1. The number of hydrogen-bond acceptors (Lipinski definition) is 6. The van der Waals surface area contributed by atoms with E-state index in [0.29, 0.717) is 22.1 Å². The molecule has 0 spiro atoms. The summed E-state index contributed by atoms with van der Waals surface area (Å²) in [6, 6.07) is 6.23. The van der Waals surface area contributed by atoms with Crippen molar-refractivity contribution in [2.24, 2.45) is 0 Å². The number of thioether (sulfide) groups is 1. The predicted molar refractivity (Wildman–Crippen MR) is 113 cm³/mol. The first-order valence-electron chi connectivity index (χ1n) is 9.61. The Labute approximate surface area is 172 Å². The van der Waals surface area contributed by atoms with Gasteiger partial charge in [0.15, 0.2) is 5.16 Å². The maximum Gasteiger partial charge on any atom is 0.271 e. The van der Waals surface area contributed by atoms with Crippen LogP contribution in [0.15, 0.2) is 34.2 Å². The van der Waals surface area contributed by atoms with Gasteiger partial charge in [-0.3, -0.25) is 19.7 Å². The van der Waals surface area contributed by atoms with E-state index in [4.69, 9.17) is 0 Å². The summed E-state index contributed by atoms with van der Waals surface area (Å²) in [6.07, 6.45) is 6.06. The highest BCUT2D eigenvalue weighted by atomic mass is 32.2. The molecule has 1 aromatic carbocycles. The first kappa shape index (κ1) is 21.0. The molecule has 1 fully saturated rings. The molecular formula is C20H24N4O4S. The highest BCUT2D eigenvalue weighted by molar-refractivity contribution is 7.98. The number of non-ortho nitro benzene ring substituents is 1. The van der Waals surface area contributed by atoms with E-state index >= 15 is 0 Å². The lowest BCUT2D eigenvalue weighted by molar-refractivity contribution is -0.384. The molecule has 154 valence electrons. The van der Waals surface area contributed by atoms with Crippen LogP contribution in [0.3, 0.4) is 0 Å². The molecule has 2 aromatic rings. The van der Waals surface area contributed by atoms with E-state index in [9.17, 15) is 19.7 Å². The van der Waals surface area contributed by atoms with Gasteiger partial charge in [-0.2, -0.15) is 0 Å². The number of hydrogen-bond donors (Lipinski definition) is 1. The summed E-state index contributed by atoms with van der Waals surface area (Å²) in [7, 11) is 0. The molecule has 0 atom stereocenters. The Kier molecular flexibility index (Phi) is 6.68. The summed E-state index contributed by atoms with van der Waals surface area (Å²) in [4.78, 5) is 45.0. The normalized spacial score (nSPS) is 14.1. The number of carbonyl (C=O) groups excluding carboxylic acids is 1. The van der Waals surface area contributed by atoms with Crippen molar-refractivity contribution >= 4 is 29.0 Å². The maximum atomic E-state index is 13.2. The Morgan fingerprint density at radius 1 is 1.38 bits per heavy atom. The van der Waals surface area contributed by atoms with Crippen LogP contribution in [0, 0.1) is 17.0 Å². The zero-order valence-corrected chi connectivity index (χ0v) is 17.3. The van der Waals surface area contributed by atoms with Gasteiger partial charge in [0.1, 0.15) is 0 Å². The number of nitro benzene ring substituents is 1. The smallest absolute Gasteiger partial charge is 0.271 e. The van der Waals surface area contributed by atoms with Crippen molar-refractivity contribution in [1.82, 2.24) is 9.97 Å². The van der Waals surface area contributed by atoms with Gasteiger partial charge in [-0.05, 0) is 38.5 Å². The average Bonchev–Trinajstić information content (AvgIpc) is 3.21. The number of benzene rings is 1. The minimum Gasteiger partial charge on any atom is -0.309 e. The number of amides is 1. The molecule has 8 nitrogen and oxygen atoms in total. The fourth-order valence-corrected chi connectivity index (χ4v) is 4.23. The van der Waals surface area contributed by atoms with E-state index in [1.807, 2.05) is 6.26 Å². The van der Waals surface area contributed by atoms with Gasteiger partial charge in [-0.15, -0.1) is 0 Å². The monoisotopic (exact) mass is 416 g/mol. The standard InChI is InChI=1S/C20H24N4O4S/c1-13-17(19(26)22-20(21-13)29-2)10-11-18(25)23(14-6-3-4-7-14)15-8-5-9-16(12-15)24(27)28/h5,8-9,12,14H,3-4,6-7,10-11H2,1-2H3,(H,21,22,26). The van der Waals surface area contributed by atoms with Crippen molar-refractivity contribution in [3.63, 3.8) is 0 Å². The predicted octanol–water partition coefficient (Wildman–Crippen LogP) is 3.62. The molecule has 1 aliphatic rings. The number of aryl methyl sites for hydroxylation is 1. The van der Waals surface area contributed by atoms with Gasteiger partial charge in [-0.25, -0.2) is 4.98 Å². The van der Waals surface area contributed by atoms with Gasteiger partial charge in [0.05, 0.1) is 10.6 Å². The lowest BCUT2D eigenvalue weighted by Gasteiger charge is -2.29. The third kappa shape index (κ3) is 4.84. The molecule has 1 aromatic heterocycles. The van der Waals surface area contributed by atoms with Crippen LogP contribution < -0.4 is 10.5 Å². The quantitative estimate of drug-likeness (QED) is 0.320. The van der Waals surface area contributed by atoms with E-state index < -0.39 is 4.92 Å². The summed E-state index contributed by atoms with van der Waals surface area (Å²) in [5.41, 5.74) is 1.40. The second-order valence-electron chi connectivity index (χ2n) is 7.12. The minimum atomic E-state index is -0.456. The van der Waals surface area contributed by atoms with Crippen molar-refractivity contribution in [1.29, 1.82) is 0 Å². The number of anilines is 1. The Morgan fingerprint density at radius 2 is 2.10 bits per heavy atom. The summed E-state index contributed by atoms with van der Waals surface area (Å²) in [5.74, 6) is -0.134. The van der Waals surface area contributed by atoms with Crippen LogP contribution >= 0.6 is 11.8 Å². The fraction of sp³-hybridized carbons (Fsp3) is 0.450.